The minimum Gasteiger partial charge on any atom is -0.478 e. The molecule has 25 heavy (non-hydrogen) atoms. The first kappa shape index (κ1) is 18.4. The molecule has 2 aromatic rings. The maximum atomic E-state index is 13.7. The van der Waals surface area contributed by atoms with Crippen LogP contribution in [-0.2, 0) is 11.2 Å². The second kappa shape index (κ2) is 7.74. The zero-order valence-corrected chi connectivity index (χ0v) is 14.2. The van der Waals surface area contributed by atoms with Gasteiger partial charge in [-0.2, -0.15) is 0 Å². The quantitative estimate of drug-likeness (QED) is 0.838. The zero-order valence-electron chi connectivity index (χ0n) is 14.2. The first-order valence-corrected chi connectivity index (χ1v) is 7.71. The van der Waals surface area contributed by atoms with Gasteiger partial charge in [-0.1, -0.05) is 6.07 Å². The molecule has 0 aliphatic rings. The Labute approximate surface area is 144 Å². The Bertz CT molecular complexity index is 806. The van der Waals surface area contributed by atoms with Gasteiger partial charge in [0, 0.05) is 6.20 Å². The highest BCUT2D eigenvalue weighted by molar-refractivity contribution is 5.93. The number of rotatable bonds is 6. The van der Waals surface area contributed by atoms with Crippen LogP contribution in [-0.4, -0.2) is 28.1 Å². The fourth-order valence-corrected chi connectivity index (χ4v) is 2.19. The maximum Gasteiger partial charge on any atom is 0.338 e. The number of aryl methyl sites for hydroxylation is 1. The van der Waals surface area contributed by atoms with Gasteiger partial charge in [-0.05, 0) is 50.1 Å². The summed E-state index contributed by atoms with van der Waals surface area (Å²) in [5, 5.41) is 11.5. The second-order valence-corrected chi connectivity index (χ2v) is 5.88. The molecule has 2 rings (SSSR count). The number of amides is 1. The lowest BCUT2D eigenvalue weighted by Gasteiger charge is -2.14. The molecule has 0 aliphatic heterocycles. The summed E-state index contributed by atoms with van der Waals surface area (Å²) in [5.41, 5.74) is 1.22. The molecule has 6 nitrogen and oxygen atoms in total. The molecule has 0 atom stereocenters. The molecule has 132 valence electrons. The Morgan fingerprint density at radius 2 is 2.04 bits per heavy atom. The number of aromatic nitrogens is 1. The molecule has 1 aromatic carbocycles. The average molecular weight is 346 g/mol. The topological polar surface area (TPSA) is 88.5 Å². The van der Waals surface area contributed by atoms with Gasteiger partial charge in [0.2, 0.25) is 11.8 Å². The van der Waals surface area contributed by atoms with Gasteiger partial charge >= 0.3 is 5.97 Å². The number of nitrogens with zero attached hydrogens (tertiary/aromatic N) is 1. The summed E-state index contributed by atoms with van der Waals surface area (Å²) in [5.74, 6) is -2.31. The van der Waals surface area contributed by atoms with Crippen LogP contribution in [0.2, 0.25) is 0 Å². The Kier molecular flexibility index (Phi) is 5.69. The SMILES string of the molecule is Cc1cnc(OC(C)C)c(NC(=O)Cc2ccc(C(=O)O)c(F)c2)c1. The van der Waals surface area contributed by atoms with Crippen molar-refractivity contribution in [2.75, 3.05) is 5.32 Å². The van der Waals surface area contributed by atoms with E-state index in [1.54, 1.807) is 12.3 Å². The molecule has 1 amide bonds. The van der Waals surface area contributed by atoms with Crippen molar-refractivity contribution in [2.45, 2.75) is 33.3 Å². The van der Waals surface area contributed by atoms with Crippen molar-refractivity contribution < 1.29 is 23.8 Å². The van der Waals surface area contributed by atoms with Crippen molar-refractivity contribution in [3.63, 3.8) is 0 Å². The molecule has 1 heterocycles. The Morgan fingerprint density at radius 1 is 1.32 bits per heavy atom. The van der Waals surface area contributed by atoms with Gasteiger partial charge in [-0.25, -0.2) is 14.2 Å². The fraction of sp³-hybridized carbons (Fsp3) is 0.278. The number of carboxylic acid groups (broad SMARTS) is 1. The van der Waals surface area contributed by atoms with Crippen LogP contribution in [0, 0.1) is 12.7 Å². The zero-order chi connectivity index (χ0) is 18.6. The highest BCUT2D eigenvalue weighted by Gasteiger charge is 2.14. The van der Waals surface area contributed by atoms with Gasteiger partial charge in [0.05, 0.1) is 18.1 Å². The number of pyridine rings is 1. The summed E-state index contributed by atoms with van der Waals surface area (Å²) in [6.07, 6.45) is 1.42. The van der Waals surface area contributed by atoms with E-state index in [1.807, 2.05) is 20.8 Å². The molecule has 0 bridgehead atoms. The van der Waals surface area contributed by atoms with Crippen LogP contribution in [0.15, 0.2) is 30.5 Å². The lowest BCUT2D eigenvalue weighted by Crippen LogP contribution is -2.17. The molecule has 0 spiro atoms. The number of halogens is 1. The molecule has 2 N–H and O–H groups in total. The summed E-state index contributed by atoms with van der Waals surface area (Å²) in [7, 11) is 0. The largest absolute Gasteiger partial charge is 0.478 e. The van der Waals surface area contributed by atoms with E-state index in [1.165, 1.54) is 6.07 Å². The standard InChI is InChI=1S/C18H19FN2O4/c1-10(2)25-17-15(6-11(3)9-20-17)21-16(22)8-12-4-5-13(18(23)24)14(19)7-12/h4-7,9-10H,8H2,1-3H3,(H,21,22)(H,23,24). The highest BCUT2D eigenvalue weighted by Crippen LogP contribution is 2.24. The third-order valence-electron chi connectivity index (χ3n) is 3.24. The molecule has 0 radical (unpaired) electrons. The number of carboxylic acids is 1. The van der Waals surface area contributed by atoms with Crippen LogP contribution in [0.4, 0.5) is 10.1 Å². The molecular weight excluding hydrogens is 327 g/mol. The van der Waals surface area contributed by atoms with Crippen LogP contribution >= 0.6 is 0 Å². The van der Waals surface area contributed by atoms with E-state index in [2.05, 4.69) is 10.3 Å². The maximum absolute atomic E-state index is 13.7. The smallest absolute Gasteiger partial charge is 0.338 e. The molecule has 0 saturated heterocycles. The van der Waals surface area contributed by atoms with Crippen LogP contribution in [0.5, 0.6) is 5.88 Å². The van der Waals surface area contributed by atoms with E-state index < -0.39 is 17.3 Å². The molecule has 0 saturated carbocycles. The van der Waals surface area contributed by atoms with Gasteiger partial charge in [0.15, 0.2) is 0 Å². The summed E-state index contributed by atoms with van der Waals surface area (Å²) in [4.78, 5) is 27.2. The minimum absolute atomic E-state index is 0.105. The van der Waals surface area contributed by atoms with E-state index in [4.69, 9.17) is 9.84 Å². The number of carbonyl (C=O) groups is 2. The van der Waals surface area contributed by atoms with Crippen LogP contribution in [0.25, 0.3) is 0 Å². The number of benzene rings is 1. The van der Waals surface area contributed by atoms with E-state index in [0.717, 1.165) is 17.7 Å². The molecule has 1 aromatic heterocycles. The van der Waals surface area contributed by atoms with Gasteiger partial charge in [-0.15, -0.1) is 0 Å². The van der Waals surface area contributed by atoms with Gasteiger partial charge in [-0.3, -0.25) is 4.79 Å². The number of ether oxygens (including phenoxy) is 1. The molecule has 0 fully saturated rings. The third kappa shape index (κ3) is 5.00. The first-order chi connectivity index (χ1) is 11.8. The number of anilines is 1. The number of nitrogens with one attached hydrogen (secondary N) is 1. The lowest BCUT2D eigenvalue weighted by molar-refractivity contribution is -0.115. The Balaban J connectivity index is 2.14. The summed E-state index contributed by atoms with van der Waals surface area (Å²) in [6.45, 7) is 5.53. The van der Waals surface area contributed by atoms with Crippen LogP contribution < -0.4 is 10.1 Å². The molecular formula is C18H19FN2O4. The fourth-order valence-electron chi connectivity index (χ4n) is 2.19. The number of hydrogen-bond acceptors (Lipinski definition) is 4. The first-order valence-electron chi connectivity index (χ1n) is 7.71. The summed E-state index contributed by atoms with van der Waals surface area (Å²) >= 11 is 0. The van der Waals surface area contributed by atoms with Crippen molar-refractivity contribution >= 4 is 17.6 Å². The Morgan fingerprint density at radius 3 is 2.64 bits per heavy atom. The molecule has 7 heteroatoms. The number of hydrogen-bond donors (Lipinski definition) is 2. The predicted molar refractivity (Wildman–Crippen MR) is 90.4 cm³/mol. The van der Waals surface area contributed by atoms with Crippen LogP contribution in [0.3, 0.4) is 0 Å². The van der Waals surface area contributed by atoms with E-state index in [-0.39, 0.29) is 18.4 Å². The van der Waals surface area contributed by atoms with Gasteiger partial charge in [0.25, 0.3) is 0 Å². The van der Waals surface area contributed by atoms with Crippen molar-refractivity contribution in [1.29, 1.82) is 0 Å². The normalized spacial score (nSPS) is 10.6. The molecule has 0 unspecified atom stereocenters. The second-order valence-electron chi connectivity index (χ2n) is 5.88. The van der Waals surface area contributed by atoms with E-state index in [9.17, 15) is 14.0 Å². The van der Waals surface area contributed by atoms with Crippen LogP contribution in [0.1, 0.15) is 35.3 Å². The Hall–Kier alpha value is -2.96. The number of carbonyl (C=O) groups excluding carboxylic acids is 1. The van der Waals surface area contributed by atoms with Crippen molar-refractivity contribution in [3.8, 4) is 5.88 Å². The highest BCUT2D eigenvalue weighted by atomic mass is 19.1. The molecule has 0 aliphatic carbocycles. The predicted octanol–water partition coefficient (Wildman–Crippen LogP) is 3.20. The van der Waals surface area contributed by atoms with Gasteiger partial charge < -0.3 is 15.2 Å². The lowest BCUT2D eigenvalue weighted by atomic mass is 10.1. The van der Waals surface area contributed by atoms with E-state index >= 15 is 0 Å². The van der Waals surface area contributed by atoms with E-state index in [0.29, 0.717) is 17.1 Å². The monoisotopic (exact) mass is 346 g/mol. The van der Waals surface area contributed by atoms with Crippen molar-refractivity contribution in [2.24, 2.45) is 0 Å². The third-order valence-corrected chi connectivity index (χ3v) is 3.24. The van der Waals surface area contributed by atoms with Crippen molar-refractivity contribution in [1.82, 2.24) is 4.98 Å². The average Bonchev–Trinajstić information content (AvgIpc) is 2.49. The summed E-state index contributed by atoms with van der Waals surface area (Å²) in [6, 6.07) is 5.33. The minimum atomic E-state index is -1.35. The van der Waals surface area contributed by atoms with Gasteiger partial charge in [0.1, 0.15) is 11.5 Å². The van der Waals surface area contributed by atoms with Crippen molar-refractivity contribution in [3.05, 3.63) is 53.0 Å². The number of aromatic carboxylic acids is 1. The summed E-state index contributed by atoms with van der Waals surface area (Å²) < 4.78 is 19.3.